The highest BCUT2D eigenvalue weighted by Gasteiger charge is 2.14. The number of nitrogens with zero attached hydrogens (tertiary/aromatic N) is 3. The van der Waals surface area contributed by atoms with Crippen LogP contribution in [0.1, 0.15) is 11.4 Å². The first-order valence-corrected chi connectivity index (χ1v) is 6.58. The van der Waals surface area contributed by atoms with Crippen molar-refractivity contribution in [2.45, 2.75) is 13.0 Å². The maximum absolute atomic E-state index is 11.9. The summed E-state index contributed by atoms with van der Waals surface area (Å²) in [6.45, 7) is 4.31. The standard InChI is InChI=1S/C15H15N5O/c1-2-6-11-17-12-13(18-15(16)19-14(12)21)20(11)9-10-7-4-3-5-8-10/h2-5,7-8H,1,6,9H2,(H3,16,18,19,21). The van der Waals surface area contributed by atoms with Crippen molar-refractivity contribution in [3.8, 4) is 0 Å². The topological polar surface area (TPSA) is 89.6 Å². The number of rotatable bonds is 4. The fraction of sp³-hybridized carbons (Fsp3) is 0.133. The second-order valence-corrected chi connectivity index (χ2v) is 4.72. The Balaban J connectivity index is 2.20. The van der Waals surface area contributed by atoms with E-state index in [9.17, 15) is 4.79 Å². The van der Waals surface area contributed by atoms with E-state index in [2.05, 4.69) is 21.5 Å². The minimum Gasteiger partial charge on any atom is -0.369 e. The van der Waals surface area contributed by atoms with Crippen LogP contribution in [0.25, 0.3) is 11.2 Å². The quantitative estimate of drug-likeness (QED) is 0.709. The van der Waals surface area contributed by atoms with Crippen molar-refractivity contribution in [3.05, 3.63) is 64.7 Å². The third kappa shape index (κ3) is 2.43. The number of aromatic nitrogens is 4. The first-order chi connectivity index (χ1) is 10.2. The monoisotopic (exact) mass is 281 g/mol. The Labute approximate surface area is 121 Å². The maximum atomic E-state index is 11.9. The van der Waals surface area contributed by atoms with E-state index in [4.69, 9.17) is 5.73 Å². The summed E-state index contributed by atoms with van der Waals surface area (Å²) < 4.78 is 1.90. The molecule has 0 fully saturated rings. The number of H-pyrrole nitrogens is 1. The molecule has 2 heterocycles. The first kappa shape index (κ1) is 13.1. The molecule has 0 unspecified atom stereocenters. The fourth-order valence-electron chi connectivity index (χ4n) is 2.29. The van der Waals surface area contributed by atoms with E-state index in [0.717, 1.165) is 11.4 Å². The Bertz CT molecular complexity index is 848. The summed E-state index contributed by atoms with van der Waals surface area (Å²) in [4.78, 5) is 23.0. The van der Waals surface area contributed by atoms with Crippen LogP contribution in [0.4, 0.5) is 5.95 Å². The van der Waals surface area contributed by atoms with Crippen LogP contribution >= 0.6 is 0 Å². The fourth-order valence-corrected chi connectivity index (χ4v) is 2.29. The number of benzene rings is 1. The van der Waals surface area contributed by atoms with Crippen LogP contribution in [0.3, 0.4) is 0 Å². The van der Waals surface area contributed by atoms with Crippen LogP contribution in [-0.2, 0) is 13.0 Å². The van der Waals surface area contributed by atoms with E-state index in [1.807, 2.05) is 34.9 Å². The molecule has 0 bridgehead atoms. The SMILES string of the molecule is C=CCc1nc2c(=O)[nH]c(N)nc2n1Cc1ccccc1. The lowest BCUT2D eigenvalue weighted by Gasteiger charge is -2.07. The van der Waals surface area contributed by atoms with Crippen molar-refractivity contribution < 1.29 is 0 Å². The van der Waals surface area contributed by atoms with Gasteiger partial charge in [-0.1, -0.05) is 36.4 Å². The number of fused-ring (bicyclic) bond motifs is 1. The summed E-state index contributed by atoms with van der Waals surface area (Å²) in [6, 6.07) is 9.92. The number of nitrogens with two attached hydrogens (primary N) is 1. The molecule has 1 aromatic carbocycles. The summed E-state index contributed by atoms with van der Waals surface area (Å²) >= 11 is 0. The summed E-state index contributed by atoms with van der Waals surface area (Å²) in [5, 5.41) is 0. The Morgan fingerprint density at radius 2 is 2.05 bits per heavy atom. The molecule has 0 atom stereocenters. The molecule has 0 aliphatic heterocycles. The second kappa shape index (κ2) is 5.24. The molecular weight excluding hydrogens is 266 g/mol. The lowest BCUT2D eigenvalue weighted by molar-refractivity contribution is 0.760. The van der Waals surface area contributed by atoms with Crippen molar-refractivity contribution in [3.63, 3.8) is 0 Å². The zero-order valence-electron chi connectivity index (χ0n) is 11.4. The normalized spacial score (nSPS) is 10.9. The molecule has 3 rings (SSSR count). The average molecular weight is 281 g/mol. The minimum atomic E-state index is -0.324. The molecule has 6 nitrogen and oxygen atoms in total. The Morgan fingerprint density at radius 3 is 2.76 bits per heavy atom. The van der Waals surface area contributed by atoms with Gasteiger partial charge in [0.1, 0.15) is 5.82 Å². The molecule has 3 aromatic rings. The van der Waals surface area contributed by atoms with Crippen LogP contribution < -0.4 is 11.3 Å². The molecule has 3 N–H and O–H groups in total. The van der Waals surface area contributed by atoms with Gasteiger partial charge in [0.25, 0.3) is 5.56 Å². The molecule has 0 radical (unpaired) electrons. The Hall–Kier alpha value is -2.89. The number of anilines is 1. The Kier molecular flexibility index (Phi) is 3.27. The van der Waals surface area contributed by atoms with E-state index in [1.165, 1.54) is 0 Å². The minimum absolute atomic E-state index is 0.0897. The lowest BCUT2D eigenvalue weighted by atomic mass is 10.2. The van der Waals surface area contributed by atoms with Gasteiger partial charge in [0.15, 0.2) is 11.2 Å². The van der Waals surface area contributed by atoms with Crippen LogP contribution in [0, 0.1) is 0 Å². The highest BCUT2D eigenvalue weighted by Crippen LogP contribution is 2.15. The van der Waals surface area contributed by atoms with Gasteiger partial charge < -0.3 is 10.3 Å². The van der Waals surface area contributed by atoms with Gasteiger partial charge in [-0.15, -0.1) is 6.58 Å². The zero-order valence-corrected chi connectivity index (χ0v) is 11.4. The number of aromatic amines is 1. The van der Waals surface area contributed by atoms with E-state index >= 15 is 0 Å². The molecule has 0 aliphatic rings. The summed E-state index contributed by atoms with van der Waals surface area (Å²) in [6.07, 6.45) is 2.31. The highest BCUT2D eigenvalue weighted by atomic mass is 16.1. The maximum Gasteiger partial charge on any atom is 0.280 e. The molecule has 21 heavy (non-hydrogen) atoms. The van der Waals surface area contributed by atoms with Gasteiger partial charge in [0.2, 0.25) is 5.95 Å². The third-order valence-corrected chi connectivity index (χ3v) is 3.21. The molecule has 2 aromatic heterocycles. The van der Waals surface area contributed by atoms with Gasteiger partial charge in [-0.2, -0.15) is 4.98 Å². The highest BCUT2D eigenvalue weighted by molar-refractivity contribution is 5.71. The molecule has 106 valence electrons. The van der Waals surface area contributed by atoms with E-state index in [-0.39, 0.29) is 11.5 Å². The summed E-state index contributed by atoms with van der Waals surface area (Å²) in [5.41, 5.74) is 7.22. The molecule has 0 saturated carbocycles. The zero-order chi connectivity index (χ0) is 14.8. The predicted molar refractivity (Wildman–Crippen MR) is 82.0 cm³/mol. The number of allylic oxidation sites excluding steroid dienone is 1. The second-order valence-electron chi connectivity index (χ2n) is 4.72. The van der Waals surface area contributed by atoms with E-state index < -0.39 is 0 Å². The van der Waals surface area contributed by atoms with Gasteiger partial charge in [0.05, 0.1) is 6.54 Å². The number of imidazole rings is 1. The number of nitrogens with one attached hydrogen (secondary N) is 1. The van der Waals surface area contributed by atoms with Crippen molar-refractivity contribution in [2.24, 2.45) is 0 Å². The van der Waals surface area contributed by atoms with Crippen molar-refractivity contribution in [2.75, 3.05) is 5.73 Å². The molecule has 0 amide bonds. The lowest BCUT2D eigenvalue weighted by Crippen LogP contribution is -2.12. The molecule has 0 spiro atoms. The number of hydrogen-bond donors (Lipinski definition) is 2. The Morgan fingerprint density at radius 1 is 1.29 bits per heavy atom. The average Bonchev–Trinajstić information content (AvgIpc) is 2.79. The molecule has 6 heteroatoms. The van der Waals surface area contributed by atoms with E-state index in [0.29, 0.717) is 24.1 Å². The van der Waals surface area contributed by atoms with Gasteiger partial charge in [-0.05, 0) is 5.56 Å². The summed E-state index contributed by atoms with van der Waals surface area (Å²) in [7, 11) is 0. The van der Waals surface area contributed by atoms with Crippen molar-refractivity contribution in [1.29, 1.82) is 0 Å². The van der Waals surface area contributed by atoms with Crippen LogP contribution in [0.15, 0.2) is 47.8 Å². The van der Waals surface area contributed by atoms with Gasteiger partial charge in [-0.25, -0.2) is 4.98 Å². The smallest absolute Gasteiger partial charge is 0.280 e. The molecule has 0 saturated heterocycles. The van der Waals surface area contributed by atoms with Gasteiger partial charge >= 0.3 is 0 Å². The van der Waals surface area contributed by atoms with Crippen LogP contribution in [0.2, 0.25) is 0 Å². The largest absolute Gasteiger partial charge is 0.369 e. The molecule has 0 aliphatic carbocycles. The summed E-state index contributed by atoms with van der Waals surface area (Å²) in [5.74, 6) is 0.833. The van der Waals surface area contributed by atoms with Crippen molar-refractivity contribution >= 4 is 17.1 Å². The molecular formula is C15H15N5O. The first-order valence-electron chi connectivity index (χ1n) is 6.58. The van der Waals surface area contributed by atoms with Crippen molar-refractivity contribution in [1.82, 2.24) is 19.5 Å². The van der Waals surface area contributed by atoms with Crippen LogP contribution in [-0.4, -0.2) is 19.5 Å². The number of hydrogen-bond acceptors (Lipinski definition) is 4. The van der Waals surface area contributed by atoms with Gasteiger partial charge in [0, 0.05) is 6.42 Å². The van der Waals surface area contributed by atoms with Crippen LogP contribution in [0.5, 0.6) is 0 Å². The number of nitrogen functional groups attached to an aromatic ring is 1. The van der Waals surface area contributed by atoms with Gasteiger partial charge in [-0.3, -0.25) is 9.78 Å². The third-order valence-electron chi connectivity index (χ3n) is 3.21. The van der Waals surface area contributed by atoms with E-state index in [1.54, 1.807) is 6.08 Å². The predicted octanol–water partition coefficient (Wildman–Crippen LogP) is 1.48.